The van der Waals surface area contributed by atoms with Crippen LogP contribution in [-0.2, 0) is 30.5 Å². The van der Waals surface area contributed by atoms with Gasteiger partial charge in [0.25, 0.3) is 0 Å². The summed E-state index contributed by atoms with van der Waals surface area (Å²) in [4.78, 5) is 82.8. The Morgan fingerprint density at radius 2 is 1.29 bits per heavy atom. The van der Waals surface area contributed by atoms with Crippen LogP contribution in [0.25, 0.3) is 11.1 Å². The number of fused-ring (bicyclic) bond motifs is 3. The summed E-state index contributed by atoms with van der Waals surface area (Å²) >= 11 is 0. The minimum Gasteiger partial charge on any atom is -0.508 e. The van der Waals surface area contributed by atoms with Gasteiger partial charge in [0.05, 0.1) is 5.92 Å². The summed E-state index contributed by atoms with van der Waals surface area (Å²) in [7, 11) is 0. The highest BCUT2D eigenvalue weighted by Crippen LogP contribution is 2.44. The first kappa shape index (κ1) is 55.9. The number of rotatable bonds is 27. The topological polar surface area (TPSA) is 293 Å². The van der Waals surface area contributed by atoms with Crippen LogP contribution >= 0.6 is 0 Å². The molecule has 5 aromatic carbocycles. The lowest BCUT2D eigenvalue weighted by Gasteiger charge is -2.23. The molecule has 7 amide bonds. The largest absolute Gasteiger partial charge is 0.508 e. The zero-order valence-corrected chi connectivity index (χ0v) is 42.2. The van der Waals surface area contributed by atoms with Crippen LogP contribution in [0.4, 0.5) is 15.3 Å². The van der Waals surface area contributed by atoms with Gasteiger partial charge in [0.2, 0.25) is 23.6 Å². The minimum absolute atomic E-state index is 0.0874. The second-order valence-corrected chi connectivity index (χ2v) is 17.9. The molecule has 0 heterocycles. The van der Waals surface area contributed by atoms with E-state index >= 15 is 0 Å². The van der Waals surface area contributed by atoms with Crippen molar-refractivity contribution < 1.29 is 38.6 Å². The van der Waals surface area contributed by atoms with Crippen LogP contribution in [0.15, 0.2) is 132 Å². The third-order valence-electron chi connectivity index (χ3n) is 12.5. The van der Waals surface area contributed by atoms with Crippen LogP contribution in [0.2, 0.25) is 0 Å². The fraction of sp³-hybridized carbons (Fsp3) is 0.339. The molecule has 1 unspecified atom stereocenters. The Kier molecular flexibility index (Phi) is 21.8. The van der Waals surface area contributed by atoms with E-state index in [2.05, 4.69) is 59.7 Å². The number of ether oxygens (including phenoxy) is 1. The Balaban J connectivity index is 1.03. The summed E-state index contributed by atoms with van der Waals surface area (Å²) in [6, 6.07) is 36.8. The molecule has 5 aromatic rings. The Hall–Kier alpha value is -8.45. The van der Waals surface area contributed by atoms with Crippen molar-refractivity contribution >= 4 is 47.4 Å². The van der Waals surface area contributed by atoms with Crippen molar-refractivity contribution in [3.05, 3.63) is 155 Å². The number of aromatic hydroxyl groups is 1. The number of urea groups is 1. The summed E-state index contributed by atoms with van der Waals surface area (Å²) in [5.41, 5.74) is 19.0. The summed E-state index contributed by atoms with van der Waals surface area (Å²) in [6.45, 7) is 3.69. The number of benzene rings is 5. The molecular weight excluding hydrogens is 955 g/mol. The van der Waals surface area contributed by atoms with Crippen LogP contribution in [0, 0.1) is 0 Å². The lowest BCUT2D eigenvalue weighted by atomic mass is 9.89. The molecule has 19 heteroatoms. The van der Waals surface area contributed by atoms with Gasteiger partial charge in [-0.3, -0.25) is 29.5 Å². The number of hydrogen-bond acceptors (Lipinski definition) is 11. The van der Waals surface area contributed by atoms with Gasteiger partial charge in [0.15, 0.2) is 5.96 Å². The molecule has 0 fully saturated rings. The quantitative estimate of drug-likeness (QED) is 0.0193. The molecule has 0 saturated carbocycles. The fourth-order valence-corrected chi connectivity index (χ4v) is 8.65. The highest BCUT2D eigenvalue weighted by molar-refractivity contribution is 5.95. The Bertz CT molecular complexity index is 2680. The molecule has 396 valence electrons. The van der Waals surface area contributed by atoms with Gasteiger partial charge in [0.1, 0.15) is 24.4 Å². The van der Waals surface area contributed by atoms with E-state index in [-0.39, 0.29) is 68.6 Å². The fourth-order valence-electron chi connectivity index (χ4n) is 8.65. The van der Waals surface area contributed by atoms with Crippen LogP contribution < -0.4 is 54.0 Å². The average molecular weight is 1020 g/mol. The van der Waals surface area contributed by atoms with E-state index in [1.807, 2.05) is 91.0 Å². The Morgan fingerprint density at radius 1 is 0.653 bits per heavy atom. The van der Waals surface area contributed by atoms with Crippen molar-refractivity contribution in [2.75, 3.05) is 51.2 Å². The molecule has 3 atom stereocenters. The van der Waals surface area contributed by atoms with Crippen molar-refractivity contribution in [2.24, 2.45) is 16.5 Å². The van der Waals surface area contributed by atoms with Crippen molar-refractivity contribution in [2.45, 2.75) is 75.9 Å². The number of alkyl carbamates (subject to hydrolysis) is 1. The van der Waals surface area contributed by atoms with E-state index in [1.165, 1.54) is 12.1 Å². The van der Waals surface area contributed by atoms with E-state index in [0.717, 1.165) is 33.5 Å². The highest BCUT2D eigenvalue weighted by atomic mass is 16.5. The summed E-state index contributed by atoms with van der Waals surface area (Å²) < 4.78 is 5.72. The predicted molar refractivity (Wildman–Crippen MR) is 289 cm³/mol. The Morgan fingerprint density at radius 3 is 2.00 bits per heavy atom. The zero-order valence-electron chi connectivity index (χ0n) is 42.2. The van der Waals surface area contributed by atoms with Crippen molar-refractivity contribution in [3.8, 4) is 16.9 Å². The van der Waals surface area contributed by atoms with E-state index in [0.29, 0.717) is 62.9 Å². The van der Waals surface area contributed by atoms with Gasteiger partial charge in [-0.05, 0) is 102 Å². The third-order valence-corrected chi connectivity index (χ3v) is 12.5. The van der Waals surface area contributed by atoms with Gasteiger partial charge in [0, 0.05) is 57.3 Å². The number of anilines is 1. The molecular formula is C56H69N11O8. The summed E-state index contributed by atoms with van der Waals surface area (Å²) in [5, 5.41) is 32.4. The number of carbonyl (C=O) groups excluding carboxylic acids is 6. The maximum absolute atomic E-state index is 14.5. The number of amides is 7. The van der Waals surface area contributed by atoms with Crippen LogP contribution in [-0.4, -0.2) is 105 Å². The van der Waals surface area contributed by atoms with Gasteiger partial charge in [-0.1, -0.05) is 110 Å². The first-order valence-corrected chi connectivity index (χ1v) is 25.4. The zero-order chi connectivity index (χ0) is 53.4. The summed E-state index contributed by atoms with van der Waals surface area (Å²) in [6.07, 6.45) is 1.53. The van der Waals surface area contributed by atoms with E-state index in [1.54, 1.807) is 19.1 Å². The predicted octanol–water partition coefficient (Wildman–Crippen LogP) is 4.81. The molecule has 1 aliphatic carbocycles. The number of nitrogens with zero attached hydrogens (tertiary/aromatic N) is 1. The smallest absolute Gasteiger partial charge is 0.407 e. The van der Waals surface area contributed by atoms with Crippen LogP contribution in [0.1, 0.15) is 85.1 Å². The second-order valence-electron chi connectivity index (χ2n) is 17.9. The standard InChI is InChI=1S/C56H69N11O8/c1-2-49(69)60-32-33-63-55(73)67-54(58)62-29-12-23-47(52(71)64-35-37-24-26-41(68)27-25-37)65-53(72)50(38-14-4-3-5-15-38)39-16-10-17-40(34-39)59-30-13-31-61-51(70)48(22-11-28-57)66-56(74)75-36-46-44-20-8-6-18-42(44)43-19-7-9-21-45(43)46/h3-10,14-21,24-27,34,46-48,50,59,68H,2,11-13,22-23,28-33,35-36,57H2,1H3,(H,60,69)(H,61,70)(H,64,71)(H,65,72)(H,66,74)(H4,58,62,63,67,73)/t47-,48-,50?/m1/s1. The molecule has 0 saturated heterocycles. The molecule has 19 nitrogen and oxygen atoms in total. The first-order valence-electron chi connectivity index (χ1n) is 25.4. The monoisotopic (exact) mass is 1020 g/mol. The van der Waals surface area contributed by atoms with E-state index in [4.69, 9.17) is 16.2 Å². The average Bonchev–Trinajstić information content (AvgIpc) is 3.75. The third kappa shape index (κ3) is 17.3. The number of phenolic OH excluding ortho intramolecular Hbond substituents is 1. The molecule has 6 rings (SSSR count). The molecule has 1 aliphatic rings. The minimum atomic E-state index is -0.993. The molecule has 0 aliphatic heterocycles. The molecule has 0 radical (unpaired) electrons. The van der Waals surface area contributed by atoms with Crippen LogP contribution in [0.5, 0.6) is 5.75 Å². The molecule has 0 bridgehead atoms. The number of nitrogens with one attached hydrogen (secondary N) is 8. The van der Waals surface area contributed by atoms with Crippen molar-refractivity contribution in [1.82, 2.24) is 37.2 Å². The normalized spacial score (nSPS) is 12.9. The summed E-state index contributed by atoms with van der Waals surface area (Å²) in [5.74, 6) is -2.33. The number of nitrogens with two attached hydrogens (primary N) is 2. The van der Waals surface area contributed by atoms with Crippen molar-refractivity contribution in [3.63, 3.8) is 0 Å². The van der Waals surface area contributed by atoms with Crippen LogP contribution in [0.3, 0.4) is 0 Å². The highest BCUT2D eigenvalue weighted by Gasteiger charge is 2.31. The van der Waals surface area contributed by atoms with Crippen molar-refractivity contribution in [1.29, 1.82) is 0 Å². The molecule has 0 spiro atoms. The second kappa shape index (κ2) is 29.3. The maximum atomic E-state index is 14.5. The van der Waals surface area contributed by atoms with Gasteiger partial charge in [-0.15, -0.1) is 0 Å². The first-order chi connectivity index (χ1) is 36.4. The van der Waals surface area contributed by atoms with E-state index in [9.17, 15) is 33.9 Å². The number of guanidine groups is 1. The van der Waals surface area contributed by atoms with Gasteiger partial charge in [-0.2, -0.15) is 0 Å². The molecule has 0 aromatic heterocycles. The van der Waals surface area contributed by atoms with E-state index < -0.39 is 41.9 Å². The Labute approximate surface area is 437 Å². The van der Waals surface area contributed by atoms with Gasteiger partial charge < -0.3 is 58.5 Å². The number of aliphatic imine (C=N–C) groups is 1. The SMILES string of the molecule is CCC(=O)NCCNC(=O)NC(N)=NCCC[C@@H](NC(=O)C(c1ccccc1)c1cccc(NCCCNC(=O)[C@@H](CCCN)NC(=O)OCC2c3ccccc3-c3ccccc32)c1)C(=O)NCc1ccc(O)cc1. The molecule has 13 N–H and O–H groups in total. The number of hydrogen-bond donors (Lipinski definition) is 11. The number of phenols is 1. The van der Waals surface area contributed by atoms with Gasteiger partial charge >= 0.3 is 12.1 Å². The lowest BCUT2D eigenvalue weighted by molar-refractivity contribution is -0.129. The number of carbonyl (C=O) groups is 6. The molecule has 75 heavy (non-hydrogen) atoms. The lowest BCUT2D eigenvalue weighted by Crippen LogP contribution is -2.48. The van der Waals surface area contributed by atoms with Gasteiger partial charge in [-0.25, -0.2) is 9.59 Å². The maximum Gasteiger partial charge on any atom is 0.407 e.